The average molecular weight is 669 g/mol. The summed E-state index contributed by atoms with van der Waals surface area (Å²) in [6.45, 7) is 0. The van der Waals surface area contributed by atoms with Crippen LogP contribution in [0, 0.1) is 0 Å². The standard InChI is InChI=1S/C46H28N4O2/c1-4-15-29(16-5-1)32-21-10-12-23-34(32)43-48-44(35-24-13-11-22-33(35)30-17-6-2-7-18-30)50-45(49-43)37-26-14-25-36-40-39(51-41(36)37)28-27-38-42(40)52-46(47-38)31-19-8-3-9-20-31/h1-28H. The van der Waals surface area contributed by atoms with Crippen molar-refractivity contribution in [3.8, 4) is 67.9 Å². The first-order chi connectivity index (χ1) is 25.8. The second-order valence-electron chi connectivity index (χ2n) is 12.6. The molecule has 3 aromatic heterocycles. The third kappa shape index (κ3) is 5.05. The summed E-state index contributed by atoms with van der Waals surface area (Å²) in [7, 11) is 0. The smallest absolute Gasteiger partial charge is 0.227 e. The zero-order valence-electron chi connectivity index (χ0n) is 27.8. The van der Waals surface area contributed by atoms with E-state index in [9.17, 15) is 0 Å². The topological polar surface area (TPSA) is 77.8 Å². The largest absolute Gasteiger partial charge is 0.455 e. The number of hydrogen-bond acceptors (Lipinski definition) is 6. The predicted molar refractivity (Wildman–Crippen MR) is 207 cm³/mol. The molecule has 10 aromatic rings. The van der Waals surface area contributed by atoms with Crippen LogP contribution in [0.4, 0.5) is 0 Å². The third-order valence-electron chi connectivity index (χ3n) is 9.42. The van der Waals surface area contributed by atoms with E-state index in [1.165, 1.54) is 0 Å². The first kappa shape index (κ1) is 29.7. The summed E-state index contributed by atoms with van der Waals surface area (Å²) in [6, 6.07) is 57.0. The minimum Gasteiger partial charge on any atom is -0.455 e. The molecule has 6 heteroatoms. The molecule has 0 radical (unpaired) electrons. The summed E-state index contributed by atoms with van der Waals surface area (Å²) in [5.41, 5.74) is 10.5. The second-order valence-corrected chi connectivity index (χ2v) is 12.6. The van der Waals surface area contributed by atoms with E-state index in [1.807, 2.05) is 121 Å². The Kier molecular flexibility index (Phi) is 7.03. The van der Waals surface area contributed by atoms with Gasteiger partial charge >= 0.3 is 0 Å². The van der Waals surface area contributed by atoms with Gasteiger partial charge in [0.15, 0.2) is 23.1 Å². The van der Waals surface area contributed by atoms with Crippen LogP contribution in [0.5, 0.6) is 0 Å². The molecule has 6 nitrogen and oxygen atoms in total. The SMILES string of the molecule is c1ccc(-c2nc3ccc4oc5c(-c6nc(-c7ccccc7-c7ccccc7)nc(-c7ccccc7-c7ccccc7)n6)cccc5c4c3o2)cc1. The van der Waals surface area contributed by atoms with E-state index in [2.05, 4.69) is 48.5 Å². The minimum atomic E-state index is 0.508. The van der Waals surface area contributed by atoms with Crippen molar-refractivity contribution in [3.05, 3.63) is 170 Å². The molecule has 0 aliphatic carbocycles. The lowest BCUT2D eigenvalue weighted by Gasteiger charge is -2.14. The van der Waals surface area contributed by atoms with Crippen LogP contribution in [0.1, 0.15) is 0 Å². The van der Waals surface area contributed by atoms with Crippen molar-refractivity contribution in [2.75, 3.05) is 0 Å². The molecule has 0 aliphatic heterocycles. The zero-order chi connectivity index (χ0) is 34.4. The molecular formula is C46H28N4O2. The molecule has 244 valence electrons. The molecule has 10 rings (SSSR count). The predicted octanol–water partition coefficient (Wildman–Crippen LogP) is 11.9. The van der Waals surface area contributed by atoms with Gasteiger partial charge in [0, 0.05) is 22.1 Å². The number of benzene rings is 7. The van der Waals surface area contributed by atoms with Crippen LogP contribution in [-0.2, 0) is 0 Å². The number of para-hydroxylation sites is 1. The molecule has 52 heavy (non-hydrogen) atoms. The van der Waals surface area contributed by atoms with E-state index in [-0.39, 0.29) is 0 Å². The van der Waals surface area contributed by atoms with Gasteiger partial charge in [-0.25, -0.2) is 19.9 Å². The summed E-state index contributed by atoms with van der Waals surface area (Å²) in [6.07, 6.45) is 0. The summed E-state index contributed by atoms with van der Waals surface area (Å²) >= 11 is 0. The Morgan fingerprint density at radius 1 is 0.327 bits per heavy atom. The van der Waals surface area contributed by atoms with Crippen molar-refractivity contribution in [3.63, 3.8) is 0 Å². The molecule has 0 bridgehead atoms. The van der Waals surface area contributed by atoms with Gasteiger partial charge in [0.05, 0.1) is 10.9 Å². The molecule has 0 saturated carbocycles. The van der Waals surface area contributed by atoms with E-state index in [0.29, 0.717) is 40.1 Å². The first-order valence-corrected chi connectivity index (χ1v) is 17.1. The Hall–Kier alpha value is -7.18. The highest BCUT2D eigenvalue weighted by Crippen LogP contribution is 2.41. The Balaban J connectivity index is 1.22. The van der Waals surface area contributed by atoms with Gasteiger partial charge in [0.25, 0.3) is 0 Å². The zero-order valence-corrected chi connectivity index (χ0v) is 27.8. The number of nitrogens with zero attached hydrogens (tertiary/aromatic N) is 4. The fourth-order valence-corrected chi connectivity index (χ4v) is 6.98. The van der Waals surface area contributed by atoms with E-state index < -0.39 is 0 Å². The lowest BCUT2D eigenvalue weighted by molar-refractivity contribution is 0.622. The van der Waals surface area contributed by atoms with Gasteiger partial charge in [-0.05, 0) is 52.6 Å². The summed E-state index contributed by atoms with van der Waals surface area (Å²) in [5.74, 6) is 2.21. The monoisotopic (exact) mass is 668 g/mol. The van der Waals surface area contributed by atoms with Crippen LogP contribution in [0.25, 0.3) is 101 Å². The van der Waals surface area contributed by atoms with Gasteiger partial charge in [-0.15, -0.1) is 0 Å². The van der Waals surface area contributed by atoms with Crippen LogP contribution >= 0.6 is 0 Å². The van der Waals surface area contributed by atoms with Crippen molar-refractivity contribution in [2.24, 2.45) is 0 Å². The maximum Gasteiger partial charge on any atom is 0.227 e. The first-order valence-electron chi connectivity index (χ1n) is 17.1. The summed E-state index contributed by atoms with van der Waals surface area (Å²) < 4.78 is 13.1. The molecule has 7 aromatic carbocycles. The van der Waals surface area contributed by atoms with Crippen molar-refractivity contribution in [1.29, 1.82) is 0 Å². The van der Waals surface area contributed by atoms with Crippen LogP contribution in [-0.4, -0.2) is 19.9 Å². The lowest BCUT2D eigenvalue weighted by Crippen LogP contribution is -2.02. The summed E-state index contributed by atoms with van der Waals surface area (Å²) in [5, 5.41) is 1.76. The second kappa shape index (κ2) is 12.3. The van der Waals surface area contributed by atoms with Gasteiger partial charge in [0.2, 0.25) is 5.89 Å². The maximum atomic E-state index is 6.65. The average Bonchev–Trinajstić information content (AvgIpc) is 3.84. The Bertz CT molecular complexity index is 2800. The van der Waals surface area contributed by atoms with Crippen LogP contribution in [0.2, 0.25) is 0 Å². The summed E-state index contributed by atoms with van der Waals surface area (Å²) in [4.78, 5) is 20.4. The van der Waals surface area contributed by atoms with Gasteiger partial charge < -0.3 is 8.83 Å². The van der Waals surface area contributed by atoms with Gasteiger partial charge in [-0.3, -0.25) is 0 Å². The van der Waals surface area contributed by atoms with Crippen molar-refractivity contribution in [1.82, 2.24) is 19.9 Å². The number of rotatable bonds is 6. The highest BCUT2D eigenvalue weighted by molar-refractivity contribution is 6.18. The third-order valence-corrected chi connectivity index (χ3v) is 9.42. The number of oxazole rings is 1. The maximum absolute atomic E-state index is 6.65. The Morgan fingerprint density at radius 2 is 0.808 bits per heavy atom. The lowest BCUT2D eigenvalue weighted by atomic mass is 9.98. The van der Waals surface area contributed by atoms with Gasteiger partial charge in [-0.1, -0.05) is 140 Å². The molecule has 0 saturated heterocycles. The molecule has 0 spiro atoms. The number of furan rings is 1. The van der Waals surface area contributed by atoms with E-state index in [4.69, 9.17) is 28.8 Å². The molecule has 0 amide bonds. The van der Waals surface area contributed by atoms with Gasteiger partial charge in [0.1, 0.15) is 16.7 Å². The normalized spacial score (nSPS) is 11.5. The van der Waals surface area contributed by atoms with Crippen LogP contribution in [0.15, 0.2) is 179 Å². The Morgan fingerprint density at radius 3 is 1.38 bits per heavy atom. The van der Waals surface area contributed by atoms with E-state index in [1.54, 1.807) is 0 Å². The molecule has 0 N–H and O–H groups in total. The fraction of sp³-hybridized carbons (Fsp3) is 0. The molecule has 0 unspecified atom stereocenters. The Labute approximate surface area is 298 Å². The molecule has 0 atom stereocenters. The van der Waals surface area contributed by atoms with Crippen molar-refractivity contribution >= 4 is 33.0 Å². The van der Waals surface area contributed by atoms with Crippen molar-refractivity contribution < 1.29 is 8.83 Å². The van der Waals surface area contributed by atoms with E-state index >= 15 is 0 Å². The highest BCUT2D eigenvalue weighted by Gasteiger charge is 2.22. The minimum absolute atomic E-state index is 0.508. The van der Waals surface area contributed by atoms with Crippen LogP contribution in [0.3, 0.4) is 0 Å². The molecule has 0 aliphatic rings. The van der Waals surface area contributed by atoms with Crippen LogP contribution < -0.4 is 0 Å². The van der Waals surface area contributed by atoms with E-state index in [0.717, 1.165) is 60.8 Å². The number of hydrogen-bond donors (Lipinski definition) is 0. The fourth-order valence-electron chi connectivity index (χ4n) is 6.98. The van der Waals surface area contributed by atoms with Crippen molar-refractivity contribution in [2.45, 2.75) is 0 Å². The molecular weight excluding hydrogens is 641 g/mol. The molecule has 0 fully saturated rings. The van der Waals surface area contributed by atoms with Gasteiger partial charge in [-0.2, -0.15) is 0 Å². The highest BCUT2D eigenvalue weighted by atomic mass is 16.4. The number of aromatic nitrogens is 4. The molecule has 3 heterocycles. The number of fused-ring (bicyclic) bond motifs is 5. The quantitative estimate of drug-likeness (QED) is 0.175.